The van der Waals surface area contributed by atoms with Gasteiger partial charge >= 0.3 is 0 Å². The van der Waals surface area contributed by atoms with Crippen molar-refractivity contribution in [3.8, 4) is 28.5 Å². The fraction of sp³-hybridized carbons (Fsp3) is 0.0625. The molecule has 2 heterocycles. The van der Waals surface area contributed by atoms with Gasteiger partial charge in [0.15, 0.2) is 0 Å². The summed E-state index contributed by atoms with van der Waals surface area (Å²) in [6.07, 6.45) is 3.37. The first-order valence-corrected chi connectivity index (χ1v) is 6.42. The van der Waals surface area contributed by atoms with Crippen LogP contribution in [0.5, 0.6) is 0 Å². The second-order valence-electron chi connectivity index (χ2n) is 4.72. The summed E-state index contributed by atoms with van der Waals surface area (Å²) in [4.78, 5) is 21.5. The molecule has 3 rings (SSSR count). The highest BCUT2D eigenvalue weighted by Gasteiger charge is 2.10. The summed E-state index contributed by atoms with van der Waals surface area (Å²) in [5, 5.41) is 9.17. The van der Waals surface area contributed by atoms with E-state index in [1.165, 1.54) is 0 Å². The molecule has 3 aromatic rings. The van der Waals surface area contributed by atoms with E-state index in [1.807, 2.05) is 36.4 Å². The van der Waals surface area contributed by atoms with Gasteiger partial charge in [0.05, 0.1) is 18.2 Å². The van der Waals surface area contributed by atoms with Gasteiger partial charge in [-0.15, -0.1) is 0 Å². The molecule has 0 unspecified atom stereocenters. The molecule has 21 heavy (non-hydrogen) atoms. The molecule has 0 saturated carbocycles. The van der Waals surface area contributed by atoms with Crippen LogP contribution in [-0.4, -0.2) is 15.0 Å². The molecule has 0 aliphatic carbocycles. The summed E-state index contributed by atoms with van der Waals surface area (Å²) in [5.74, 6) is 0. The monoisotopic (exact) mass is 276 g/mol. The first-order chi connectivity index (χ1) is 10.2. The molecule has 1 aromatic carbocycles. The largest absolute Gasteiger partial charge is 0.345 e. The fourth-order valence-corrected chi connectivity index (χ4v) is 2.27. The maximum absolute atomic E-state index is 11.8. The lowest BCUT2D eigenvalue weighted by molar-refractivity contribution is 1.13. The minimum absolute atomic E-state index is 0.134. The molecule has 0 aliphatic heterocycles. The number of H-pyrrole nitrogens is 2. The summed E-state index contributed by atoms with van der Waals surface area (Å²) in [5.41, 5.74) is 3.91. The van der Waals surface area contributed by atoms with Crippen molar-refractivity contribution in [3.63, 3.8) is 0 Å². The zero-order chi connectivity index (χ0) is 14.8. The van der Waals surface area contributed by atoms with Crippen LogP contribution in [0, 0.1) is 18.3 Å². The van der Waals surface area contributed by atoms with Crippen LogP contribution in [0.1, 0.15) is 11.3 Å². The second-order valence-corrected chi connectivity index (χ2v) is 4.72. The number of aryl methyl sites for hydroxylation is 1. The second kappa shape index (κ2) is 5.10. The van der Waals surface area contributed by atoms with E-state index in [0.717, 1.165) is 22.5 Å². The van der Waals surface area contributed by atoms with Crippen LogP contribution in [0.2, 0.25) is 0 Å². The number of benzene rings is 1. The highest BCUT2D eigenvalue weighted by atomic mass is 16.1. The molecule has 2 aromatic heterocycles. The Labute approximate surface area is 120 Å². The topological polar surface area (TPSA) is 85.3 Å². The lowest BCUT2D eigenvalue weighted by Crippen LogP contribution is -2.12. The van der Waals surface area contributed by atoms with Gasteiger partial charge in [0, 0.05) is 11.3 Å². The van der Waals surface area contributed by atoms with Crippen LogP contribution in [0.3, 0.4) is 0 Å². The van der Waals surface area contributed by atoms with E-state index in [2.05, 4.69) is 15.0 Å². The van der Waals surface area contributed by atoms with E-state index >= 15 is 0 Å². The van der Waals surface area contributed by atoms with Gasteiger partial charge in [-0.1, -0.05) is 24.3 Å². The van der Waals surface area contributed by atoms with Gasteiger partial charge in [-0.2, -0.15) is 5.26 Å². The molecule has 0 aliphatic rings. The van der Waals surface area contributed by atoms with Crippen molar-refractivity contribution in [1.82, 2.24) is 15.0 Å². The number of nitrogens with zero attached hydrogens (tertiary/aromatic N) is 2. The minimum atomic E-state index is -0.356. The average Bonchev–Trinajstić information content (AvgIpc) is 3.01. The van der Waals surface area contributed by atoms with Crippen LogP contribution in [0.4, 0.5) is 0 Å². The Bertz CT molecular complexity index is 868. The molecule has 102 valence electrons. The Kier molecular flexibility index (Phi) is 3.13. The molecule has 0 atom stereocenters. The molecule has 0 amide bonds. The van der Waals surface area contributed by atoms with Gasteiger partial charge < -0.3 is 9.97 Å². The third-order valence-corrected chi connectivity index (χ3v) is 3.28. The Morgan fingerprint density at radius 2 is 1.90 bits per heavy atom. The maximum atomic E-state index is 11.8. The Hall–Kier alpha value is -3.13. The smallest absolute Gasteiger partial charge is 0.266 e. The summed E-state index contributed by atoms with van der Waals surface area (Å²) < 4.78 is 0. The van der Waals surface area contributed by atoms with Gasteiger partial charge in [-0.05, 0) is 24.1 Å². The van der Waals surface area contributed by atoms with E-state index in [0.29, 0.717) is 5.56 Å². The van der Waals surface area contributed by atoms with Gasteiger partial charge in [-0.3, -0.25) is 4.79 Å². The number of nitriles is 1. The minimum Gasteiger partial charge on any atom is -0.345 e. The van der Waals surface area contributed by atoms with Gasteiger partial charge in [-0.25, -0.2) is 4.98 Å². The lowest BCUT2D eigenvalue weighted by atomic mass is 9.99. The number of hydrogen-bond donors (Lipinski definition) is 2. The predicted octanol–water partition coefficient (Wildman–Crippen LogP) is 2.61. The van der Waals surface area contributed by atoms with Crippen LogP contribution in [0.15, 0.2) is 47.7 Å². The van der Waals surface area contributed by atoms with E-state index in [4.69, 9.17) is 0 Å². The van der Waals surface area contributed by atoms with E-state index < -0.39 is 0 Å². The number of imidazole rings is 1. The third kappa shape index (κ3) is 2.35. The van der Waals surface area contributed by atoms with Crippen molar-refractivity contribution in [2.75, 3.05) is 0 Å². The number of nitrogens with one attached hydrogen (secondary N) is 2. The molecule has 5 heteroatoms. The standard InChI is InChI=1S/C16H12N4O/c1-10-6-13(14(7-17)16(21)20-10)11-2-4-12(5-3-11)15-8-18-9-19-15/h2-6,8-9H,1H3,(H,18,19)(H,20,21). The zero-order valence-electron chi connectivity index (χ0n) is 11.3. The summed E-state index contributed by atoms with van der Waals surface area (Å²) in [7, 11) is 0. The Balaban J connectivity index is 2.10. The molecule has 0 saturated heterocycles. The Morgan fingerprint density at radius 3 is 2.52 bits per heavy atom. The number of hydrogen-bond acceptors (Lipinski definition) is 3. The highest BCUT2D eigenvalue weighted by Crippen LogP contribution is 2.25. The fourth-order valence-electron chi connectivity index (χ4n) is 2.27. The average molecular weight is 276 g/mol. The molecule has 0 spiro atoms. The lowest BCUT2D eigenvalue weighted by Gasteiger charge is -2.06. The number of aromatic amines is 2. The van der Waals surface area contributed by atoms with Crippen molar-refractivity contribution in [1.29, 1.82) is 5.26 Å². The van der Waals surface area contributed by atoms with Crippen LogP contribution in [-0.2, 0) is 0 Å². The quantitative estimate of drug-likeness (QED) is 0.754. The first-order valence-electron chi connectivity index (χ1n) is 6.42. The van der Waals surface area contributed by atoms with E-state index in [-0.39, 0.29) is 11.1 Å². The normalized spacial score (nSPS) is 10.3. The highest BCUT2D eigenvalue weighted by molar-refractivity contribution is 5.73. The molecule has 5 nitrogen and oxygen atoms in total. The van der Waals surface area contributed by atoms with Crippen molar-refractivity contribution in [2.45, 2.75) is 6.92 Å². The van der Waals surface area contributed by atoms with E-state index in [1.54, 1.807) is 19.4 Å². The van der Waals surface area contributed by atoms with Crippen molar-refractivity contribution in [3.05, 3.63) is 64.5 Å². The first kappa shape index (κ1) is 12.9. The van der Waals surface area contributed by atoms with Crippen molar-refractivity contribution < 1.29 is 0 Å². The molecular weight excluding hydrogens is 264 g/mol. The number of aromatic nitrogens is 3. The predicted molar refractivity (Wildman–Crippen MR) is 79.5 cm³/mol. The number of rotatable bonds is 2. The Morgan fingerprint density at radius 1 is 1.19 bits per heavy atom. The van der Waals surface area contributed by atoms with Gasteiger partial charge in [0.1, 0.15) is 11.6 Å². The maximum Gasteiger partial charge on any atom is 0.266 e. The van der Waals surface area contributed by atoms with Crippen molar-refractivity contribution in [2.24, 2.45) is 0 Å². The summed E-state index contributed by atoms with van der Waals surface area (Å²) >= 11 is 0. The van der Waals surface area contributed by atoms with E-state index in [9.17, 15) is 10.1 Å². The molecule has 2 N–H and O–H groups in total. The third-order valence-electron chi connectivity index (χ3n) is 3.28. The van der Waals surface area contributed by atoms with Crippen LogP contribution in [0.25, 0.3) is 22.4 Å². The number of pyridine rings is 1. The van der Waals surface area contributed by atoms with Gasteiger partial charge in [0.2, 0.25) is 0 Å². The van der Waals surface area contributed by atoms with Gasteiger partial charge in [0.25, 0.3) is 5.56 Å². The van der Waals surface area contributed by atoms with Crippen molar-refractivity contribution >= 4 is 0 Å². The zero-order valence-corrected chi connectivity index (χ0v) is 11.3. The van der Waals surface area contributed by atoms with Crippen LogP contribution >= 0.6 is 0 Å². The molecular formula is C16H12N4O. The molecule has 0 bridgehead atoms. The summed E-state index contributed by atoms with van der Waals surface area (Å²) in [6.45, 7) is 1.80. The summed E-state index contributed by atoms with van der Waals surface area (Å²) in [6, 6.07) is 11.4. The SMILES string of the molecule is Cc1cc(-c2ccc(-c3cnc[nH]3)cc2)c(C#N)c(=O)[nH]1. The van der Waals surface area contributed by atoms with Crippen LogP contribution < -0.4 is 5.56 Å². The molecule has 0 fully saturated rings. The molecule has 0 radical (unpaired) electrons.